The Hall–Kier alpha value is -2.90. The number of carboxylic acids is 1. The highest BCUT2D eigenvalue weighted by Gasteiger charge is 2.20. The quantitative estimate of drug-likeness (QED) is 0.446. The summed E-state index contributed by atoms with van der Waals surface area (Å²) in [5, 5.41) is 23.0. The molecule has 0 radical (unpaired) electrons. The van der Waals surface area contributed by atoms with Gasteiger partial charge in [-0.25, -0.2) is 9.78 Å². The van der Waals surface area contributed by atoms with Crippen molar-refractivity contribution in [2.45, 2.75) is 38.5 Å². The van der Waals surface area contributed by atoms with E-state index in [0.717, 1.165) is 23.0 Å². The van der Waals surface area contributed by atoms with Crippen molar-refractivity contribution in [3.63, 3.8) is 0 Å². The number of imidazole rings is 1. The summed E-state index contributed by atoms with van der Waals surface area (Å²) in [4.78, 5) is 15.6. The van der Waals surface area contributed by atoms with Gasteiger partial charge in [0.2, 0.25) is 0 Å². The van der Waals surface area contributed by atoms with Gasteiger partial charge >= 0.3 is 5.97 Å². The molecule has 2 aromatic carbocycles. The molecule has 0 spiro atoms. The first kappa shape index (κ1) is 19.9. The largest absolute Gasteiger partial charge is 0.478 e. The molecule has 0 saturated carbocycles. The van der Waals surface area contributed by atoms with Gasteiger partial charge in [-0.1, -0.05) is 12.1 Å². The lowest BCUT2D eigenvalue weighted by atomic mass is 9.99. The van der Waals surface area contributed by atoms with Crippen molar-refractivity contribution in [3.8, 4) is 0 Å². The summed E-state index contributed by atoms with van der Waals surface area (Å²) in [6.45, 7) is 5.22. The Bertz CT molecular complexity index is 981. The van der Waals surface area contributed by atoms with Crippen molar-refractivity contribution >= 4 is 22.7 Å². The van der Waals surface area contributed by atoms with E-state index in [9.17, 15) is 15.0 Å². The number of fused-ring (bicyclic) bond motifs is 1. The van der Waals surface area contributed by atoms with Crippen molar-refractivity contribution in [2.75, 3.05) is 12.3 Å². The number of hydrogen-bond donors (Lipinski definition) is 4. The van der Waals surface area contributed by atoms with Crippen LogP contribution in [-0.4, -0.2) is 37.8 Å². The number of hydrogen-bond acceptors (Lipinski definition) is 5. The molecule has 0 aliphatic heterocycles. The van der Waals surface area contributed by atoms with Gasteiger partial charge < -0.3 is 25.8 Å². The molecule has 7 nitrogen and oxygen atoms in total. The lowest BCUT2D eigenvalue weighted by Crippen LogP contribution is -2.42. The molecule has 1 atom stereocenters. The molecule has 0 unspecified atom stereocenters. The topological polar surface area (TPSA) is 113 Å². The molecule has 28 heavy (non-hydrogen) atoms. The molecule has 5 N–H and O–H groups in total. The molecule has 0 amide bonds. The average molecular weight is 382 g/mol. The molecular weight excluding hydrogens is 356 g/mol. The molecule has 148 valence electrons. The first-order valence-electron chi connectivity index (χ1n) is 9.22. The minimum Gasteiger partial charge on any atom is -0.478 e. The zero-order valence-electron chi connectivity index (χ0n) is 16.1. The molecular formula is C21H26N4O3. The summed E-state index contributed by atoms with van der Waals surface area (Å²) < 4.78 is 1.96. The molecule has 3 aromatic rings. The fourth-order valence-electron chi connectivity index (χ4n) is 3.11. The molecule has 0 aliphatic carbocycles. The highest BCUT2D eigenvalue weighted by atomic mass is 16.4. The van der Waals surface area contributed by atoms with Crippen LogP contribution in [0.5, 0.6) is 0 Å². The van der Waals surface area contributed by atoms with Crippen LogP contribution in [0.1, 0.15) is 42.3 Å². The first-order valence-corrected chi connectivity index (χ1v) is 9.22. The zero-order chi connectivity index (χ0) is 20.3. The Labute approximate surface area is 163 Å². The Morgan fingerprint density at radius 3 is 2.79 bits per heavy atom. The second-order valence-corrected chi connectivity index (χ2v) is 7.65. The number of β-amino-alcohol motifs (C(OH)–C–C–N with tert-alkyl or cyclic N) is 1. The normalized spacial score (nSPS) is 13.0. The smallest absolute Gasteiger partial charge is 0.335 e. The number of aliphatic hydroxyl groups excluding tert-OH is 1. The summed E-state index contributed by atoms with van der Waals surface area (Å²) in [7, 11) is 0. The van der Waals surface area contributed by atoms with Gasteiger partial charge in [0.25, 0.3) is 0 Å². The maximum absolute atomic E-state index is 11.2. The van der Waals surface area contributed by atoms with E-state index in [1.165, 1.54) is 0 Å². The van der Waals surface area contributed by atoms with Crippen molar-refractivity contribution < 1.29 is 15.0 Å². The maximum Gasteiger partial charge on any atom is 0.335 e. The highest BCUT2D eigenvalue weighted by molar-refractivity contribution is 5.92. The number of carbonyl (C=O) groups is 1. The van der Waals surface area contributed by atoms with Gasteiger partial charge in [-0.05, 0) is 56.2 Å². The first-order chi connectivity index (χ1) is 13.2. The third-order valence-corrected chi connectivity index (χ3v) is 4.92. The number of carboxylic acid groups (broad SMARTS) is 1. The van der Waals surface area contributed by atoms with E-state index in [1.54, 1.807) is 36.7 Å². The molecule has 0 aliphatic rings. The van der Waals surface area contributed by atoms with E-state index in [-0.39, 0.29) is 11.1 Å². The van der Waals surface area contributed by atoms with Crippen LogP contribution in [-0.2, 0) is 6.54 Å². The van der Waals surface area contributed by atoms with Gasteiger partial charge in [0, 0.05) is 24.3 Å². The molecule has 7 heteroatoms. The van der Waals surface area contributed by atoms with Crippen LogP contribution in [0.25, 0.3) is 11.0 Å². The van der Waals surface area contributed by atoms with Crippen LogP contribution in [0.3, 0.4) is 0 Å². The highest BCUT2D eigenvalue weighted by Crippen LogP contribution is 2.20. The third-order valence-electron chi connectivity index (χ3n) is 4.92. The number of aliphatic hydroxyl groups is 1. The van der Waals surface area contributed by atoms with Crippen molar-refractivity contribution in [1.82, 2.24) is 14.9 Å². The molecule has 0 fully saturated rings. The van der Waals surface area contributed by atoms with E-state index in [0.29, 0.717) is 18.8 Å². The Morgan fingerprint density at radius 2 is 2.07 bits per heavy atom. The molecule has 0 saturated heterocycles. The summed E-state index contributed by atoms with van der Waals surface area (Å²) in [6.07, 6.45) is 1.86. The van der Waals surface area contributed by atoms with Crippen molar-refractivity contribution in [2.24, 2.45) is 0 Å². The fraction of sp³-hybridized carbons (Fsp3) is 0.333. The van der Waals surface area contributed by atoms with Crippen LogP contribution >= 0.6 is 0 Å². The monoisotopic (exact) mass is 382 g/mol. The number of nitrogens with two attached hydrogens (primary N) is 1. The zero-order valence-corrected chi connectivity index (χ0v) is 16.1. The molecule has 0 bridgehead atoms. The maximum atomic E-state index is 11.2. The van der Waals surface area contributed by atoms with Gasteiger partial charge in [-0.15, -0.1) is 0 Å². The van der Waals surface area contributed by atoms with Gasteiger partial charge in [-0.3, -0.25) is 0 Å². The van der Waals surface area contributed by atoms with Crippen LogP contribution in [0.15, 0.2) is 48.8 Å². The third kappa shape index (κ3) is 4.68. The molecule has 3 rings (SSSR count). The van der Waals surface area contributed by atoms with Gasteiger partial charge in [-0.2, -0.15) is 0 Å². The van der Waals surface area contributed by atoms with E-state index in [4.69, 9.17) is 5.73 Å². The number of rotatable bonds is 8. The summed E-state index contributed by atoms with van der Waals surface area (Å²) in [5.41, 5.74) is 8.77. The lowest BCUT2D eigenvalue weighted by Gasteiger charge is -2.28. The average Bonchev–Trinajstić information content (AvgIpc) is 3.07. The Morgan fingerprint density at radius 1 is 1.29 bits per heavy atom. The number of aromatic carboxylic acids is 1. The minimum absolute atomic E-state index is 0.234. The van der Waals surface area contributed by atoms with Gasteiger partial charge in [0.1, 0.15) is 0 Å². The standard InChI is InChI=1S/C21H26N4O3/c1-21(2,24-12-19(26)14-4-3-5-16(22)10-14)8-9-25-13-23-17-7-6-15(20(27)28)11-18(17)25/h3-7,10-11,13,19,24,26H,8-9,12,22H2,1-2H3,(H,27,28)/t19-/m0/s1. The number of nitrogen functional groups attached to an aromatic ring is 1. The summed E-state index contributed by atoms with van der Waals surface area (Å²) >= 11 is 0. The number of aromatic nitrogens is 2. The van der Waals surface area contributed by atoms with Gasteiger partial charge in [0.05, 0.1) is 29.0 Å². The van der Waals surface area contributed by atoms with E-state index < -0.39 is 12.1 Å². The predicted octanol–water partition coefficient (Wildman–Crippen LogP) is 2.81. The number of benzene rings is 2. The lowest BCUT2D eigenvalue weighted by molar-refractivity contribution is 0.0697. The van der Waals surface area contributed by atoms with Gasteiger partial charge in [0.15, 0.2) is 0 Å². The summed E-state index contributed by atoms with van der Waals surface area (Å²) in [5.74, 6) is -0.952. The molecule has 1 heterocycles. The van der Waals surface area contributed by atoms with E-state index in [1.807, 2.05) is 16.7 Å². The van der Waals surface area contributed by atoms with Crippen molar-refractivity contribution in [1.29, 1.82) is 0 Å². The number of nitrogens with one attached hydrogen (secondary N) is 1. The Kier molecular flexibility index (Phi) is 5.67. The number of nitrogens with zero attached hydrogens (tertiary/aromatic N) is 2. The van der Waals surface area contributed by atoms with Crippen LogP contribution < -0.4 is 11.1 Å². The van der Waals surface area contributed by atoms with E-state index in [2.05, 4.69) is 24.1 Å². The summed E-state index contributed by atoms with van der Waals surface area (Å²) in [6, 6.07) is 12.2. The SMILES string of the molecule is CC(C)(CCn1cnc2ccc(C(=O)O)cc21)NC[C@H](O)c1cccc(N)c1. The van der Waals surface area contributed by atoms with Crippen LogP contribution in [0.4, 0.5) is 5.69 Å². The van der Waals surface area contributed by atoms with Crippen LogP contribution in [0.2, 0.25) is 0 Å². The number of aryl methyl sites for hydroxylation is 1. The number of anilines is 1. The second-order valence-electron chi connectivity index (χ2n) is 7.65. The Balaban J connectivity index is 1.62. The minimum atomic E-state index is -0.952. The molecule has 1 aromatic heterocycles. The predicted molar refractivity (Wildman–Crippen MR) is 109 cm³/mol. The van der Waals surface area contributed by atoms with Crippen LogP contribution in [0, 0.1) is 0 Å². The van der Waals surface area contributed by atoms with Crippen molar-refractivity contribution in [3.05, 3.63) is 59.9 Å². The second kappa shape index (κ2) is 8.00. The fourth-order valence-corrected chi connectivity index (χ4v) is 3.11. The van der Waals surface area contributed by atoms with E-state index >= 15 is 0 Å².